The van der Waals surface area contributed by atoms with Gasteiger partial charge in [0, 0.05) is 29.2 Å². The van der Waals surface area contributed by atoms with E-state index in [1.165, 1.54) is 4.31 Å². The summed E-state index contributed by atoms with van der Waals surface area (Å²) in [6, 6.07) is 5.25. The number of carbonyl (C=O) groups is 1. The molecular formula is C15H23ClN2O3S. The monoisotopic (exact) mass is 346 g/mol. The predicted octanol–water partition coefficient (Wildman–Crippen LogP) is 3.04. The molecule has 1 aromatic carbocycles. The summed E-state index contributed by atoms with van der Waals surface area (Å²) in [4.78, 5) is 12.0. The first-order chi connectivity index (χ1) is 9.91. The molecule has 0 unspecified atom stereocenters. The lowest BCUT2D eigenvalue weighted by atomic mass is 10.1. The molecule has 0 fully saturated rings. The second-order valence-corrected chi connectivity index (χ2v) is 8.58. The van der Waals surface area contributed by atoms with Crippen LogP contribution in [0.15, 0.2) is 18.2 Å². The zero-order chi connectivity index (χ0) is 17.1. The fourth-order valence-corrected chi connectivity index (χ4v) is 3.69. The van der Waals surface area contributed by atoms with E-state index in [0.717, 1.165) is 11.8 Å². The molecule has 0 heterocycles. The Morgan fingerprint density at radius 2 is 1.91 bits per heavy atom. The van der Waals surface area contributed by atoms with Gasteiger partial charge in [-0.2, -0.15) is 4.31 Å². The Kier molecular flexibility index (Phi) is 6.01. The van der Waals surface area contributed by atoms with Crippen LogP contribution in [0.4, 0.5) is 5.69 Å². The number of anilines is 1. The van der Waals surface area contributed by atoms with Crippen molar-refractivity contribution in [2.45, 2.75) is 39.7 Å². The number of hydrogen-bond donors (Lipinski definition) is 1. The molecule has 0 aliphatic rings. The summed E-state index contributed by atoms with van der Waals surface area (Å²) in [5.41, 5.74) is 0.957. The Balaban J connectivity index is 2.70. The van der Waals surface area contributed by atoms with Crippen molar-refractivity contribution in [3.63, 3.8) is 0 Å². The van der Waals surface area contributed by atoms with Crippen molar-refractivity contribution in [2.24, 2.45) is 0 Å². The van der Waals surface area contributed by atoms with E-state index < -0.39 is 15.6 Å². The summed E-state index contributed by atoms with van der Waals surface area (Å²) in [5, 5.41) is 3.30. The van der Waals surface area contributed by atoms with Crippen LogP contribution in [0.3, 0.4) is 0 Å². The number of amides is 1. The fourth-order valence-electron chi connectivity index (χ4n) is 2.10. The van der Waals surface area contributed by atoms with Crippen LogP contribution in [0, 0.1) is 6.92 Å². The average Bonchev–Trinajstić information content (AvgIpc) is 2.30. The van der Waals surface area contributed by atoms with E-state index in [9.17, 15) is 13.2 Å². The van der Waals surface area contributed by atoms with E-state index in [0.29, 0.717) is 10.7 Å². The van der Waals surface area contributed by atoms with Crippen molar-refractivity contribution in [3.8, 4) is 0 Å². The first-order valence-corrected chi connectivity index (χ1v) is 9.17. The Hall–Kier alpha value is -1.11. The van der Waals surface area contributed by atoms with Crippen molar-refractivity contribution in [3.05, 3.63) is 28.8 Å². The van der Waals surface area contributed by atoms with E-state index in [-0.39, 0.29) is 18.9 Å². The van der Waals surface area contributed by atoms with Gasteiger partial charge in [-0.3, -0.25) is 4.79 Å². The topological polar surface area (TPSA) is 66.5 Å². The number of nitrogens with zero attached hydrogens (tertiary/aromatic N) is 1. The summed E-state index contributed by atoms with van der Waals surface area (Å²) in [5.74, 6) is -0.252. The molecule has 0 bridgehead atoms. The third-order valence-electron chi connectivity index (χ3n) is 3.15. The quantitative estimate of drug-likeness (QED) is 0.891. The molecule has 1 aromatic rings. The minimum atomic E-state index is -3.37. The predicted molar refractivity (Wildman–Crippen MR) is 90.7 cm³/mol. The van der Waals surface area contributed by atoms with Gasteiger partial charge >= 0.3 is 0 Å². The third kappa shape index (κ3) is 5.59. The van der Waals surface area contributed by atoms with Crippen LogP contribution in [0.25, 0.3) is 0 Å². The number of hydrogen-bond acceptors (Lipinski definition) is 3. The lowest BCUT2D eigenvalue weighted by molar-refractivity contribution is -0.116. The Morgan fingerprint density at radius 1 is 1.32 bits per heavy atom. The normalized spacial score (nSPS) is 12.5. The highest BCUT2D eigenvalue weighted by atomic mass is 35.5. The maximum Gasteiger partial charge on any atom is 0.225 e. The average molecular weight is 347 g/mol. The van der Waals surface area contributed by atoms with Crippen molar-refractivity contribution in [1.29, 1.82) is 0 Å². The fraction of sp³-hybridized carbons (Fsp3) is 0.533. The van der Waals surface area contributed by atoms with Crippen LogP contribution < -0.4 is 5.32 Å². The van der Waals surface area contributed by atoms with Gasteiger partial charge in [0.1, 0.15) is 0 Å². The molecule has 0 radical (unpaired) electrons. The van der Waals surface area contributed by atoms with Gasteiger partial charge in [0.15, 0.2) is 0 Å². The molecule has 7 heteroatoms. The van der Waals surface area contributed by atoms with Gasteiger partial charge in [0.05, 0.1) is 6.26 Å². The van der Waals surface area contributed by atoms with E-state index in [1.807, 2.05) is 13.0 Å². The highest BCUT2D eigenvalue weighted by molar-refractivity contribution is 7.88. The Bertz CT molecular complexity index is 651. The second kappa shape index (κ2) is 6.98. The largest absolute Gasteiger partial charge is 0.326 e. The number of aryl methyl sites for hydroxylation is 1. The molecule has 0 aromatic heterocycles. The van der Waals surface area contributed by atoms with Crippen LogP contribution >= 0.6 is 11.6 Å². The molecule has 0 spiro atoms. The van der Waals surface area contributed by atoms with Crippen LogP contribution in [0.2, 0.25) is 5.02 Å². The molecule has 124 valence electrons. The zero-order valence-electron chi connectivity index (χ0n) is 13.6. The molecule has 0 aliphatic carbocycles. The highest BCUT2D eigenvalue weighted by Crippen LogP contribution is 2.21. The van der Waals surface area contributed by atoms with Gasteiger partial charge in [-0.15, -0.1) is 0 Å². The first kappa shape index (κ1) is 18.9. The van der Waals surface area contributed by atoms with Gasteiger partial charge in [-0.1, -0.05) is 17.7 Å². The van der Waals surface area contributed by atoms with E-state index in [2.05, 4.69) is 5.32 Å². The molecule has 1 amide bonds. The summed E-state index contributed by atoms with van der Waals surface area (Å²) < 4.78 is 24.9. The summed E-state index contributed by atoms with van der Waals surface area (Å²) in [6.45, 7) is 7.40. The number of sulfonamides is 1. The second-order valence-electron chi connectivity index (χ2n) is 6.27. The molecular weight excluding hydrogens is 324 g/mol. The molecule has 0 saturated carbocycles. The minimum Gasteiger partial charge on any atom is -0.326 e. The summed E-state index contributed by atoms with van der Waals surface area (Å²) in [7, 11) is -3.37. The van der Waals surface area contributed by atoms with Gasteiger partial charge in [-0.05, 0) is 45.4 Å². The minimum absolute atomic E-state index is 0.0792. The van der Waals surface area contributed by atoms with Crippen LogP contribution in [0.1, 0.15) is 32.8 Å². The summed E-state index contributed by atoms with van der Waals surface area (Å²) >= 11 is 6.01. The van der Waals surface area contributed by atoms with Gasteiger partial charge in [0.25, 0.3) is 0 Å². The van der Waals surface area contributed by atoms with E-state index in [1.54, 1.807) is 32.9 Å². The zero-order valence-corrected chi connectivity index (χ0v) is 15.2. The summed E-state index contributed by atoms with van der Waals surface area (Å²) in [6.07, 6.45) is 1.23. The number of halogens is 1. The molecule has 22 heavy (non-hydrogen) atoms. The Morgan fingerprint density at radius 3 is 2.36 bits per heavy atom. The first-order valence-electron chi connectivity index (χ1n) is 6.95. The van der Waals surface area contributed by atoms with Crippen molar-refractivity contribution < 1.29 is 13.2 Å². The molecule has 0 aliphatic heterocycles. The van der Waals surface area contributed by atoms with Crippen LogP contribution in [0.5, 0.6) is 0 Å². The smallest absolute Gasteiger partial charge is 0.225 e. The van der Waals surface area contributed by atoms with Crippen LogP contribution in [-0.2, 0) is 14.8 Å². The van der Waals surface area contributed by atoms with Crippen LogP contribution in [-0.4, -0.2) is 37.0 Å². The molecule has 1 rings (SSSR count). The van der Waals surface area contributed by atoms with Gasteiger partial charge in [-0.25, -0.2) is 8.42 Å². The number of nitrogens with one attached hydrogen (secondary N) is 1. The number of carbonyl (C=O) groups excluding carboxylic acids is 1. The van der Waals surface area contributed by atoms with Crippen molar-refractivity contribution in [1.82, 2.24) is 4.31 Å². The standard InChI is InChI=1S/C15H23ClN2O3S/c1-11-6-7-12(10-13(11)16)17-14(19)8-9-18(15(2,3)4)22(5,20)21/h6-7,10H,8-9H2,1-5H3,(H,17,19). The van der Waals surface area contributed by atoms with Gasteiger partial charge < -0.3 is 5.32 Å². The Labute approximate surface area is 137 Å². The van der Waals surface area contributed by atoms with Crippen molar-refractivity contribution >= 4 is 33.2 Å². The maximum atomic E-state index is 12.0. The lowest BCUT2D eigenvalue weighted by Gasteiger charge is -2.33. The van der Waals surface area contributed by atoms with Gasteiger partial charge in [0.2, 0.25) is 15.9 Å². The molecule has 0 saturated heterocycles. The molecule has 5 nitrogen and oxygen atoms in total. The van der Waals surface area contributed by atoms with E-state index >= 15 is 0 Å². The molecule has 0 atom stereocenters. The highest BCUT2D eigenvalue weighted by Gasteiger charge is 2.29. The third-order valence-corrected chi connectivity index (χ3v) is 5.08. The molecule has 1 N–H and O–H groups in total. The number of benzene rings is 1. The maximum absolute atomic E-state index is 12.0. The van der Waals surface area contributed by atoms with E-state index in [4.69, 9.17) is 11.6 Å². The lowest BCUT2D eigenvalue weighted by Crippen LogP contribution is -2.46. The SMILES string of the molecule is Cc1ccc(NC(=O)CCN(C(C)(C)C)S(C)(=O)=O)cc1Cl. The number of rotatable bonds is 5. The van der Waals surface area contributed by atoms with Crippen molar-refractivity contribution in [2.75, 3.05) is 18.1 Å².